The number of ether oxygens (including phenoxy) is 1. The van der Waals surface area contributed by atoms with Crippen molar-refractivity contribution in [2.45, 2.75) is 6.42 Å². The first-order valence-corrected chi connectivity index (χ1v) is 6.09. The van der Waals surface area contributed by atoms with Gasteiger partial charge in [0.05, 0.1) is 7.11 Å². The molecule has 1 saturated heterocycles. The largest absolute Gasteiger partial charge is 0.496 e. The zero-order valence-corrected chi connectivity index (χ0v) is 10.7. The van der Waals surface area contributed by atoms with Crippen molar-refractivity contribution in [3.8, 4) is 5.75 Å². The van der Waals surface area contributed by atoms with Crippen LogP contribution in [-0.2, 0) is 0 Å². The van der Waals surface area contributed by atoms with Gasteiger partial charge in [0.1, 0.15) is 11.3 Å². The molecule has 0 bridgehead atoms. The smallest absolute Gasteiger partial charge is 0.260 e. The Hall–Kier alpha value is -1.69. The van der Waals surface area contributed by atoms with Crippen molar-refractivity contribution in [3.63, 3.8) is 0 Å². The molecule has 0 saturated carbocycles. The van der Waals surface area contributed by atoms with Crippen LogP contribution < -0.4 is 10.5 Å². The maximum atomic E-state index is 13.8. The van der Waals surface area contributed by atoms with E-state index in [-0.39, 0.29) is 17.2 Å². The van der Waals surface area contributed by atoms with Crippen LogP contribution >= 0.6 is 0 Å². The van der Waals surface area contributed by atoms with Crippen LogP contribution in [0.1, 0.15) is 16.8 Å². The van der Waals surface area contributed by atoms with Crippen molar-refractivity contribution in [1.29, 1.82) is 0 Å². The van der Waals surface area contributed by atoms with Gasteiger partial charge in [-0.2, -0.15) is 0 Å². The minimum atomic E-state index is -1.17. The molecule has 4 nitrogen and oxygen atoms in total. The SMILES string of the molecule is COc1ccc(F)c(F)c1C(=O)N1CC[C@@H](CN)C1. The molecule has 2 rings (SSSR count). The van der Waals surface area contributed by atoms with Crippen molar-refractivity contribution in [2.75, 3.05) is 26.7 Å². The van der Waals surface area contributed by atoms with Crippen LogP contribution in [0.3, 0.4) is 0 Å². The first-order chi connectivity index (χ1) is 9.08. The summed E-state index contributed by atoms with van der Waals surface area (Å²) < 4.78 is 32.0. The fourth-order valence-electron chi connectivity index (χ4n) is 2.27. The third kappa shape index (κ3) is 2.53. The summed E-state index contributed by atoms with van der Waals surface area (Å²) in [5, 5.41) is 0. The second-order valence-corrected chi connectivity index (χ2v) is 4.58. The number of halogens is 2. The Bertz CT molecular complexity index is 494. The Labute approximate surface area is 110 Å². The summed E-state index contributed by atoms with van der Waals surface area (Å²) in [5.74, 6) is -2.52. The molecule has 0 unspecified atom stereocenters. The molecule has 1 atom stereocenters. The molecule has 0 radical (unpaired) electrons. The van der Waals surface area contributed by atoms with Crippen LogP contribution in [0.5, 0.6) is 5.75 Å². The summed E-state index contributed by atoms with van der Waals surface area (Å²) in [5.41, 5.74) is 5.20. The maximum absolute atomic E-state index is 13.8. The van der Waals surface area contributed by atoms with Gasteiger partial charge in [-0.1, -0.05) is 0 Å². The van der Waals surface area contributed by atoms with E-state index in [9.17, 15) is 13.6 Å². The Morgan fingerprint density at radius 1 is 1.53 bits per heavy atom. The summed E-state index contributed by atoms with van der Waals surface area (Å²) in [6.45, 7) is 1.45. The minimum Gasteiger partial charge on any atom is -0.496 e. The van der Waals surface area contributed by atoms with Gasteiger partial charge in [0.25, 0.3) is 5.91 Å². The number of carbonyl (C=O) groups excluding carboxylic acids is 1. The molecule has 1 heterocycles. The van der Waals surface area contributed by atoms with Crippen molar-refractivity contribution in [2.24, 2.45) is 11.7 Å². The van der Waals surface area contributed by atoms with Crippen molar-refractivity contribution < 1.29 is 18.3 Å². The quantitative estimate of drug-likeness (QED) is 0.903. The number of carbonyl (C=O) groups is 1. The summed E-state index contributed by atoms with van der Waals surface area (Å²) in [6, 6.07) is 2.19. The lowest BCUT2D eigenvalue weighted by Crippen LogP contribution is -2.31. The molecule has 0 aromatic heterocycles. The Morgan fingerprint density at radius 2 is 2.26 bits per heavy atom. The van der Waals surface area contributed by atoms with Gasteiger partial charge in [-0.15, -0.1) is 0 Å². The standard InChI is InChI=1S/C13H16F2N2O2/c1-19-10-3-2-9(14)12(15)11(10)13(18)17-5-4-8(6-16)7-17/h2-3,8H,4-7,16H2,1H3/t8-/m0/s1. The van der Waals surface area contributed by atoms with Crippen molar-refractivity contribution >= 4 is 5.91 Å². The average Bonchev–Trinajstić information content (AvgIpc) is 2.89. The molecule has 1 aliphatic heterocycles. The lowest BCUT2D eigenvalue weighted by Gasteiger charge is -2.18. The van der Waals surface area contributed by atoms with E-state index in [1.165, 1.54) is 18.1 Å². The number of hydrogen-bond donors (Lipinski definition) is 1. The summed E-state index contributed by atoms with van der Waals surface area (Å²) in [7, 11) is 1.32. The molecule has 1 aromatic rings. The van der Waals surface area contributed by atoms with Gasteiger partial charge in [0.2, 0.25) is 0 Å². The van der Waals surface area contributed by atoms with E-state index in [0.29, 0.717) is 19.6 Å². The molecular weight excluding hydrogens is 254 g/mol. The third-order valence-corrected chi connectivity index (χ3v) is 3.40. The second kappa shape index (κ2) is 5.52. The highest BCUT2D eigenvalue weighted by atomic mass is 19.2. The number of nitrogens with zero attached hydrogens (tertiary/aromatic N) is 1. The topological polar surface area (TPSA) is 55.6 Å². The zero-order chi connectivity index (χ0) is 14.0. The van der Waals surface area contributed by atoms with Gasteiger partial charge in [-0.3, -0.25) is 4.79 Å². The molecule has 0 aliphatic carbocycles. The lowest BCUT2D eigenvalue weighted by atomic mass is 10.1. The normalized spacial score (nSPS) is 18.7. The highest BCUT2D eigenvalue weighted by Gasteiger charge is 2.30. The Kier molecular flexibility index (Phi) is 3.99. The number of nitrogens with two attached hydrogens (primary N) is 1. The number of likely N-dealkylation sites (tertiary alicyclic amines) is 1. The number of benzene rings is 1. The first-order valence-electron chi connectivity index (χ1n) is 6.09. The van der Waals surface area contributed by atoms with E-state index in [1.54, 1.807) is 0 Å². The average molecular weight is 270 g/mol. The molecule has 0 spiro atoms. The highest BCUT2D eigenvalue weighted by molar-refractivity contribution is 5.97. The van der Waals surface area contributed by atoms with Gasteiger partial charge >= 0.3 is 0 Å². The molecule has 2 N–H and O–H groups in total. The highest BCUT2D eigenvalue weighted by Crippen LogP contribution is 2.27. The molecule has 104 valence electrons. The van der Waals surface area contributed by atoms with Crippen LogP contribution in [0, 0.1) is 17.6 Å². The van der Waals surface area contributed by atoms with Gasteiger partial charge < -0.3 is 15.4 Å². The molecule has 1 amide bonds. The monoisotopic (exact) mass is 270 g/mol. The van der Waals surface area contributed by atoms with Gasteiger partial charge in [-0.05, 0) is 31.0 Å². The molecule has 1 aromatic carbocycles. The van der Waals surface area contributed by atoms with Crippen LogP contribution in [0.4, 0.5) is 8.78 Å². The summed E-state index contributed by atoms with van der Waals surface area (Å²) >= 11 is 0. The summed E-state index contributed by atoms with van der Waals surface area (Å²) in [4.78, 5) is 13.7. The predicted molar refractivity (Wildman–Crippen MR) is 66.0 cm³/mol. The van der Waals surface area contributed by atoms with E-state index in [2.05, 4.69) is 0 Å². The Morgan fingerprint density at radius 3 is 2.84 bits per heavy atom. The molecular formula is C13H16F2N2O2. The minimum absolute atomic E-state index is 0.0418. The van der Waals surface area contributed by atoms with E-state index >= 15 is 0 Å². The number of rotatable bonds is 3. The molecule has 1 fully saturated rings. The zero-order valence-electron chi connectivity index (χ0n) is 10.7. The first kappa shape index (κ1) is 13.7. The van der Waals surface area contributed by atoms with E-state index in [1.807, 2.05) is 0 Å². The fraction of sp³-hybridized carbons (Fsp3) is 0.462. The van der Waals surface area contributed by atoms with E-state index in [0.717, 1.165) is 12.5 Å². The molecule has 1 aliphatic rings. The van der Waals surface area contributed by atoms with E-state index < -0.39 is 17.5 Å². The van der Waals surface area contributed by atoms with E-state index in [4.69, 9.17) is 10.5 Å². The predicted octanol–water partition coefficient (Wildman–Crippen LogP) is 1.39. The fourth-order valence-corrected chi connectivity index (χ4v) is 2.27. The molecule has 6 heteroatoms. The Balaban J connectivity index is 2.31. The maximum Gasteiger partial charge on any atom is 0.260 e. The van der Waals surface area contributed by atoms with Gasteiger partial charge in [0.15, 0.2) is 11.6 Å². The number of methoxy groups -OCH3 is 1. The van der Waals surface area contributed by atoms with Crippen LogP contribution in [0.15, 0.2) is 12.1 Å². The number of amides is 1. The summed E-state index contributed by atoms with van der Waals surface area (Å²) in [6.07, 6.45) is 0.779. The number of hydrogen-bond acceptors (Lipinski definition) is 3. The van der Waals surface area contributed by atoms with Crippen LogP contribution in [-0.4, -0.2) is 37.6 Å². The second-order valence-electron chi connectivity index (χ2n) is 4.58. The molecule has 19 heavy (non-hydrogen) atoms. The van der Waals surface area contributed by atoms with Crippen LogP contribution in [0.2, 0.25) is 0 Å². The van der Waals surface area contributed by atoms with Crippen molar-refractivity contribution in [3.05, 3.63) is 29.3 Å². The van der Waals surface area contributed by atoms with Gasteiger partial charge in [0, 0.05) is 13.1 Å². The van der Waals surface area contributed by atoms with Crippen LogP contribution in [0.25, 0.3) is 0 Å². The lowest BCUT2D eigenvalue weighted by molar-refractivity contribution is 0.0778. The van der Waals surface area contributed by atoms with Crippen molar-refractivity contribution in [1.82, 2.24) is 4.90 Å². The third-order valence-electron chi connectivity index (χ3n) is 3.40. The van der Waals surface area contributed by atoms with Gasteiger partial charge in [-0.25, -0.2) is 8.78 Å².